The average molecular weight is 1160 g/mol. The van der Waals surface area contributed by atoms with E-state index in [4.69, 9.17) is 4.74 Å². The summed E-state index contributed by atoms with van der Waals surface area (Å²) in [5.74, 6) is -0.0371. The van der Waals surface area contributed by atoms with E-state index in [0.717, 1.165) is 38.5 Å². The Morgan fingerprint density at radius 2 is 0.573 bits per heavy atom. The van der Waals surface area contributed by atoms with Gasteiger partial charge in [-0.3, -0.25) is 9.59 Å². The Balaban J connectivity index is 3.30. The molecule has 6 heteroatoms. The maximum absolute atomic E-state index is 12.4. The number of allylic oxidation sites excluding steroid dienone is 3. The third-order valence-corrected chi connectivity index (χ3v) is 17.7. The van der Waals surface area contributed by atoms with E-state index in [9.17, 15) is 19.8 Å². The van der Waals surface area contributed by atoms with Gasteiger partial charge in [-0.05, 0) is 57.8 Å². The van der Waals surface area contributed by atoms with Gasteiger partial charge in [-0.1, -0.05) is 378 Å². The fraction of sp³-hybridized carbons (Fsp3) is 0.921. The van der Waals surface area contributed by atoms with Gasteiger partial charge in [0.15, 0.2) is 0 Å². The lowest BCUT2D eigenvalue weighted by atomic mass is 10.0. The van der Waals surface area contributed by atoms with Crippen LogP contribution in [0.25, 0.3) is 0 Å². The lowest BCUT2D eigenvalue weighted by molar-refractivity contribution is -0.143. The van der Waals surface area contributed by atoms with Crippen molar-refractivity contribution in [3.8, 4) is 0 Å². The van der Waals surface area contributed by atoms with Gasteiger partial charge >= 0.3 is 5.97 Å². The Morgan fingerprint density at radius 3 is 0.866 bits per heavy atom. The second-order valence-corrected chi connectivity index (χ2v) is 26.0. The smallest absolute Gasteiger partial charge is 0.305 e. The molecule has 1 amide bonds. The van der Waals surface area contributed by atoms with E-state index in [1.165, 1.54) is 360 Å². The maximum Gasteiger partial charge on any atom is 0.305 e. The number of rotatable bonds is 71. The van der Waals surface area contributed by atoms with Crippen LogP contribution in [0, 0.1) is 0 Å². The minimum Gasteiger partial charge on any atom is -0.466 e. The van der Waals surface area contributed by atoms with Crippen molar-refractivity contribution >= 4 is 11.9 Å². The standard InChI is InChI=1S/C76H147NO5/c1-3-5-7-9-11-13-15-16-42-46-50-54-58-62-66-70-76(81)82-71-67-63-59-55-51-47-44-41-39-37-35-33-31-29-27-25-23-21-19-17-18-20-22-24-26-28-30-32-34-36-38-40-43-45-49-53-57-61-65-69-75(80)77-73(72-78)74(79)68-64-60-56-52-48-14-12-10-8-6-4-2/h17-18,64,68,73-74,78-79H,3-16,19-63,65-67,69-72H2,1-2H3,(H,77,80)/b18-17-,68-64+. The van der Waals surface area contributed by atoms with Crippen molar-refractivity contribution in [1.82, 2.24) is 5.32 Å². The van der Waals surface area contributed by atoms with Crippen molar-refractivity contribution in [2.45, 2.75) is 437 Å². The van der Waals surface area contributed by atoms with Crippen LogP contribution in [0.1, 0.15) is 425 Å². The summed E-state index contributed by atoms with van der Waals surface area (Å²) in [5, 5.41) is 23.1. The third-order valence-electron chi connectivity index (χ3n) is 17.7. The molecule has 0 aromatic heterocycles. The zero-order valence-corrected chi connectivity index (χ0v) is 55.8. The maximum atomic E-state index is 12.4. The van der Waals surface area contributed by atoms with E-state index < -0.39 is 12.1 Å². The number of hydrogen-bond acceptors (Lipinski definition) is 5. The average Bonchev–Trinajstić information content (AvgIpc) is 3.48. The summed E-state index contributed by atoms with van der Waals surface area (Å²) in [6.45, 7) is 4.93. The van der Waals surface area contributed by atoms with E-state index in [1.807, 2.05) is 6.08 Å². The van der Waals surface area contributed by atoms with E-state index in [-0.39, 0.29) is 18.5 Å². The molecule has 0 aromatic carbocycles. The van der Waals surface area contributed by atoms with Crippen molar-refractivity contribution in [2.24, 2.45) is 0 Å². The molecular weight excluding hydrogens is 1010 g/mol. The number of esters is 1. The molecule has 0 aromatic rings. The van der Waals surface area contributed by atoms with Gasteiger partial charge in [0.25, 0.3) is 0 Å². The molecule has 3 N–H and O–H groups in total. The van der Waals surface area contributed by atoms with Crippen LogP contribution in [0.3, 0.4) is 0 Å². The van der Waals surface area contributed by atoms with Gasteiger partial charge in [0.1, 0.15) is 0 Å². The first kappa shape index (κ1) is 80.3. The molecule has 82 heavy (non-hydrogen) atoms. The highest BCUT2D eigenvalue weighted by molar-refractivity contribution is 5.76. The number of unbranched alkanes of at least 4 members (excludes halogenated alkanes) is 58. The van der Waals surface area contributed by atoms with Gasteiger partial charge in [0, 0.05) is 12.8 Å². The number of hydrogen-bond donors (Lipinski definition) is 3. The largest absolute Gasteiger partial charge is 0.466 e. The molecule has 486 valence electrons. The van der Waals surface area contributed by atoms with Crippen molar-refractivity contribution in [3.05, 3.63) is 24.3 Å². The molecule has 0 aliphatic carbocycles. The fourth-order valence-electron chi connectivity index (χ4n) is 12.0. The predicted molar refractivity (Wildman–Crippen MR) is 361 cm³/mol. The van der Waals surface area contributed by atoms with Crippen LogP contribution in [0.4, 0.5) is 0 Å². The summed E-state index contributed by atoms with van der Waals surface area (Å²) < 4.78 is 5.51. The first-order valence-corrected chi connectivity index (χ1v) is 37.6. The molecule has 6 nitrogen and oxygen atoms in total. The number of amides is 1. The van der Waals surface area contributed by atoms with Crippen LogP contribution >= 0.6 is 0 Å². The monoisotopic (exact) mass is 1150 g/mol. The Morgan fingerprint density at radius 1 is 0.329 bits per heavy atom. The van der Waals surface area contributed by atoms with E-state index in [0.29, 0.717) is 19.4 Å². The molecule has 0 radical (unpaired) electrons. The summed E-state index contributed by atoms with van der Waals surface area (Å²) >= 11 is 0. The minimum atomic E-state index is -0.839. The summed E-state index contributed by atoms with van der Waals surface area (Å²) in [4.78, 5) is 24.5. The molecule has 0 rings (SSSR count). The van der Waals surface area contributed by atoms with E-state index in [2.05, 4.69) is 31.3 Å². The fourth-order valence-corrected chi connectivity index (χ4v) is 12.0. The molecule has 0 aliphatic heterocycles. The summed E-state index contributed by atoms with van der Waals surface area (Å²) in [6, 6.07) is -0.623. The highest BCUT2D eigenvalue weighted by Crippen LogP contribution is 2.19. The Kier molecular flexibility index (Phi) is 70.4. The number of aliphatic hydroxyl groups excluding tert-OH is 2. The minimum absolute atomic E-state index is 0.0259. The zero-order valence-electron chi connectivity index (χ0n) is 55.8. The first-order chi connectivity index (χ1) is 40.5. The zero-order chi connectivity index (χ0) is 59.2. The van der Waals surface area contributed by atoms with Gasteiger partial charge in [-0.15, -0.1) is 0 Å². The van der Waals surface area contributed by atoms with Gasteiger partial charge in [-0.25, -0.2) is 0 Å². The molecule has 0 spiro atoms. The van der Waals surface area contributed by atoms with E-state index in [1.54, 1.807) is 6.08 Å². The Labute approximate surface area is 513 Å². The Bertz CT molecular complexity index is 1280. The Hall–Kier alpha value is -1.66. The molecule has 0 saturated heterocycles. The van der Waals surface area contributed by atoms with Crippen LogP contribution in [0.5, 0.6) is 0 Å². The second-order valence-electron chi connectivity index (χ2n) is 26.0. The molecular formula is C76H147NO5. The third kappa shape index (κ3) is 67.5. The first-order valence-electron chi connectivity index (χ1n) is 37.6. The predicted octanol–water partition coefficient (Wildman–Crippen LogP) is 24.5. The van der Waals surface area contributed by atoms with Crippen molar-refractivity contribution in [3.63, 3.8) is 0 Å². The summed E-state index contributed by atoms with van der Waals surface area (Å²) in [7, 11) is 0. The molecule has 0 saturated carbocycles. The van der Waals surface area contributed by atoms with Crippen molar-refractivity contribution in [1.29, 1.82) is 0 Å². The number of ether oxygens (including phenoxy) is 1. The molecule has 2 atom stereocenters. The van der Waals surface area contributed by atoms with E-state index >= 15 is 0 Å². The number of carbonyl (C=O) groups excluding carboxylic acids is 2. The van der Waals surface area contributed by atoms with Gasteiger partial charge in [0.05, 0.1) is 25.4 Å². The highest BCUT2D eigenvalue weighted by Gasteiger charge is 2.18. The number of nitrogens with one attached hydrogen (secondary N) is 1. The topological polar surface area (TPSA) is 95.9 Å². The van der Waals surface area contributed by atoms with Gasteiger partial charge < -0.3 is 20.3 Å². The number of carbonyl (C=O) groups is 2. The van der Waals surface area contributed by atoms with Crippen molar-refractivity contribution in [2.75, 3.05) is 13.2 Å². The van der Waals surface area contributed by atoms with Crippen LogP contribution in [0.15, 0.2) is 24.3 Å². The molecule has 0 fully saturated rings. The lowest BCUT2D eigenvalue weighted by Crippen LogP contribution is -2.45. The summed E-state index contributed by atoms with van der Waals surface area (Å²) in [5.41, 5.74) is 0. The second kappa shape index (κ2) is 71.8. The van der Waals surface area contributed by atoms with Gasteiger partial charge in [-0.2, -0.15) is 0 Å². The SMILES string of the molecule is CCCCCCCCCCC/C=C/C(O)C(CO)NC(=O)CCCCCCCCCCCCCCCCCCC/C=C\CCCCCCCCCCCCCCCCCCCCOC(=O)CCCCCCCCCCCCCCCCC. The lowest BCUT2D eigenvalue weighted by Gasteiger charge is -2.20. The number of aliphatic hydroxyl groups is 2. The quantitative estimate of drug-likeness (QED) is 0.0320. The normalized spacial score (nSPS) is 12.6. The molecule has 0 bridgehead atoms. The molecule has 0 heterocycles. The van der Waals surface area contributed by atoms with Crippen molar-refractivity contribution < 1.29 is 24.5 Å². The molecule has 0 aliphatic rings. The highest BCUT2D eigenvalue weighted by atomic mass is 16.5. The van der Waals surface area contributed by atoms with Gasteiger partial charge in [0.2, 0.25) is 5.91 Å². The van der Waals surface area contributed by atoms with Crippen LogP contribution < -0.4 is 5.32 Å². The van der Waals surface area contributed by atoms with Crippen LogP contribution in [-0.4, -0.2) is 47.4 Å². The van der Waals surface area contributed by atoms with Crippen LogP contribution in [-0.2, 0) is 14.3 Å². The summed E-state index contributed by atoms with van der Waals surface area (Å²) in [6.07, 6.45) is 91.6. The van der Waals surface area contributed by atoms with Crippen LogP contribution in [0.2, 0.25) is 0 Å². The molecule has 2 unspecified atom stereocenters.